The van der Waals surface area contributed by atoms with Gasteiger partial charge in [0.15, 0.2) is 0 Å². The Morgan fingerprint density at radius 2 is 1.76 bits per heavy atom. The van der Waals surface area contributed by atoms with Gasteiger partial charge in [-0.3, -0.25) is 9.59 Å². The smallest absolute Gasteiger partial charge is 0.295 e. The quantitative estimate of drug-likeness (QED) is 0.237. The molecule has 0 aliphatic carbocycles. The van der Waals surface area contributed by atoms with Crippen LogP contribution in [0.5, 0.6) is 5.75 Å². The molecule has 2 aromatic carbocycles. The minimum absolute atomic E-state index is 0.0710. The van der Waals surface area contributed by atoms with Crippen molar-refractivity contribution in [2.24, 2.45) is 0 Å². The van der Waals surface area contributed by atoms with Gasteiger partial charge in [0, 0.05) is 23.7 Å². The standard InChI is InChI=1S/C26H29ClN2O4/c1-4-17-33-21-13-9-18(10-14-21)23-22(24(30)19-7-11-20(27)12-8-19)25(31)26(32)29(23)16-15-28(5-2)6-3/h4,7-14,23,30H,1,5-6,15-17H2,2-3H3/t23-/m1/s1. The van der Waals surface area contributed by atoms with E-state index in [9.17, 15) is 14.7 Å². The van der Waals surface area contributed by atoms with E-state index in [2.05, 4.69) is 25.3 Å². The van der Waals surface area contributed by atoms with Crippen LogP contribution in [0.25, 0.3) is 5.76 Å². The molecule has 0 radical (unpaired) electrons. The Morgan fingerprint density at radius 3 is 2.33 bits per heavy atom. The highest BCUT2D eigenvalue weighted by Gasteiger charge is 2.45. The van der Waals surface area contributed by atoms with Crippen LogP contribution in [0.1, 0.15) is 31.0 Å². The molecule has 0 spiro atoms. The zero-order chi connectivity index (χ0) is 24.0. The van der Waals surface area contributed by atoms with Gasteiger partial charge in [-0.1, -0.05) is 50.2 Å². The Kier molecular flexibility index (Phi) is 8.31. The molecule has 174 valence electrons. The fourth-order valence-electron chi connectivity index (χ4n) is 3.91. The number of aliphatic hydroxyl groups excluding tert-OH is 1. The van der Waals surface area contributed by atoms with Crippen molar-refractivity contribution in [1.29, 1.82) is 0 Å². The van der Waals surface area contributed by atoms with Crippen LogP contribution in [0.15, 0.2) is 66.8 Å². The molecule has 2 aromatic rings. The molecular weight excluding hydrogens is 440 g/mol. The highest BCUT2D eigenvalue weighted by molar-refractivity contribution is 6.46. The number of nitrogens with zero attached hydrogens (tertiary/aromatic N) is 2. The molecule has 1 heterocycles. The number of carbonyl (C=O) groups excluding carboxylic acids is 2. The van der Waals surface area contributed by atoms with Gasteiger partial charge in [-0.25, -0.2) is 0 Å². The molecular formula is C26H29ClN2O4. The van der Waals surface area contributed by atoms with Gasteiger partial charge in [0.2, 0.25) is 0 Å². The summed E-state index contributed by atoms with van der Waals surface area (Å²) < 4.78 is 5.56. The van der Waals surface area contributed by atoms with E-state index in [4.69, 9.17) is 16.3 Å². The lowest BCUT2D eigenvalue weighted by molar-refractivity contribution is -0.140. The minimum Gasteiger partial charge on any atom is -0.507 e. The topological polar surface area (TPSA) is 70.1 Å². The van der Waals surface area contributed by atoms with E-state index in [1.54, 1.807) is 47.4 Å². The van der Waals surface area contributed by atoms with Crippen molar-refractivity contribution in [2.45, 2.75) is 19.9 Å². The summed E-state index contributed by atoms with van der Waals surface area (Å²) in [7, 11) is 0. The molecule has 0 bridgehead atoms. The zero-order valence-electron chi connectivity index (χ0n) is 19.0. The Bertz CT molecular complexity index is 1030. The number of amides is 1. The summed E-state index contributed by atoms with van der Waals surface area (Å²) in [6, 6.07) is 13.0. The van der Waals surface area contributed by atoms with Gasteiger partial charge in [-0.15, -0.1) is 0 Å². The van der Waals surface area contributed by atoms with Gasteiger partial charge < -0.3 is 19.6 Å². The second kappa shape index (κ2) is 11.2. The molecule has 0 aromatic heterocycles. The second-order valence-corrected chi connectivity index (χ2v) is 8.13. The van der Waals surface area contributed by atoms with Crippen LogP contribution in [0.2, 0.25) is 5.02 Å². The SMILES string of the molecule is C=CCOc1ccc([C@@H]2C(=C(O)c3ccc(Cl)cc3)C(=O)C(=O)N2CCN(CC)CC)cc1. The van der Waals surface area contributed by atoms with Gasteiger partial charge in [0.1, 0.15) is 18.1 Å². The maximum atomic E-state index is 13.1. The van der Waals surface area contributed by atoms with Gasteiger partial charge in [0.05, 0.1) is 11.6 Å². The van der Waals surface area contributed by atoms with Crippen molar-refractivity contribution in [3.05, 3.63) is 82.9 Å². The van der Waals surface area contributed by atoms with Crippen LogP contribution in [-0.4, -0.2) is 59.4 Å². The molecule has 33 heavy (non-hydrogen) atoms. The largest absolute Gasteiger partial charge is 0.507 e. The summed E-state index contributed by atoms with van der Waals surface area (Å²) in [4.78, 5) is 29.9. The number of likely N-dealkylation sites (tertiary alicyclic amines) is 1. The van der Waals surface area contributed by atoms with Crippen LogP contribution < -0.4 is 4.74 Å². The molecule has 1 aliphatic heterocycles. The number of ketones is 1. The number of halogens is 1. The number of likely N-dealkylation sites (N-methyl/N-ethyl adjacent to an activating group) is 1. The minimum atomic E-state index is -0.704. The molecule has 3 rings (SSSR count). The first-order chi connectivity index (χ1) is 15.9. The highest BCUT2D eigenvalue weighted by Crippen LogP contribution is 2.39. The van der Waals surface area contributed by atoms with Gasteiger partial charge in [-0.05, 0) is 55.1 Å². The number of hydrogen-bond donors (Lipinski definition) is 1. The van der Waals surface area contributed by atoms with Crippen molar-refractivity contribution in [3.8, 4) is 5.75 Å². The van der Waals surface area contributed by atoms with Crippen LogP contribution in [0.3, 0.4) is 0 Å². The van der Waals surface area contributed by atoms with E-state index in [1.165, 1.54) is 0 Å². The average Bonchev–Trinajstić information content (AvgIpc) is 3.08. The lowest BCUT2D eigenvalue weighted by Gasteiger charge is -2.28. The summed E-state index contributed by atoms with van der Waals surface area (Å²) in [5.41, 5.74) is 1.22. The van der Waals surface area contributed by atoms with Gasteiger partial charge >= 0.3 is 0 Å². The maximum absolute atomic E-state index is 13.1. The molecule has 1 atom stereocenters. The van der Waals surface area contributed by atoms with Crippen molar-refractivity contribution in [2.75, 3.05) is 32.8 Å². The first-order valence-electron chi connectivity index (χ1n) is 11.0. The zero-order valence-corrected chi connectivity index (χ0v) is 19.7. The number of benzene rings is 2. The summed E-state index contributed by atoms with van der Waals surface area (Å²) in [6.07, 6.45) is 1.65. The summed E-state index contributed by atoms with van der Waals surface area (Å²) in [5.74, 6) is -0.877. The Hall–Kier alpha value is -3.09. The number of aliphatic hydroxyl groups is 1. The predicted molar refractivity (Wildman–Crippen MR) is 130 cm³/mol. The molecule has 7 heteroatoms. The highest BCUT2D eigenvalue weighted by atomic mass is 35.5. The van der Waals surface area contributed by atoms with E-state index in [0.717, 1.165) is 18.7 Å². The first-order valence-corrected chi connectivity index (χ1v) is 11.4. The fraction of sp³-hybridized carbons (Fsp3) is 0.308. The van der Waals surface area contributed by atoms with E-state index < -0.39 is 17.7 Å². The summed E-state index contributed by atoms with van der Waals surface area (Å²) >= 11 is 5.98. The first kappa shape index (κ1) is 24.6. The van der Waals surface area contributed by atoms with Crippen LogP contribution in [-0.2, 0) is 9.59 Å². The van der Waals surface area contributed by atoms with Crippen molar-refractivity contribution in [1.82, 2.24) is 9.80 Å². The molecule has 1 aliphatic rings. The Labute approximate surface area is 199 Å². The normalized spacial score (nSPS) is 17.6. The third-order valence-electron chi connectivity index (χ3n) is 5.77. The number of Topliss-reactive ketones (excluding diaryl/α,β-unsaturated/α-hetero) is 1. The molecule has 1 fully saturated rings. The van der Waals surface area contributed by atoms with Crippen molar-refractivity contribution < 1.29 is 19.4 Å². The van der Waals surface area contributed by atoms with E-state index in [1.807, 2.05) is 12.1 Å². The Morgan fingerprint density at radius 1 is 1.12 bits per heavy atom. The number of carbonyl (C=O) groups is 2. The predicted octanol–water partition coefficient (Wildman–Crippen LogP) is 4.67. The second-order valence-electron chi connectivity index (χ2n) is 7.69. The Balaban J connectivity index is 2.05. The number of hydrogen-bond acceptors (Lipinski definition) is 5. The fourth-order valence-corrected chi connectivity index (χ4v) is 4.04. The van der Waals surface area contributed by atoms with E-state index in [0.29, 0.717) is 36.0 Å². The van der Waals surface area contributed by atoms with Crippen molar-refractivity contribution in [3.63, 3.8) is 0 Å². The third-order valence-corrected chi connectivity index (χ3v) is 6.02. The van der Waals surface area contributed by atoms with Crippen LogP contribution in [0, 0.1) is 0 Å². The summed E-state index contributed by atoms with van der Waals surface area (Å²) in [6.45, 7) is 10.8. The molecule has 6 nitrogen and oxygen atoms in total. The van der Waals surface area contributed by atoms with E-state index in [-0.39, 0.29) is 11.3 Å². The van der Waals surface area contributed by atoms with Crippen molar-refractivity contribution >= 4 is 29.1 Å². The van der Waals surface area contributed by atoms with E-state index >= 15 is 0 Å². The maximum Gasteiger partial charge on any atom is 0.295 e. The number of ether oxygens (including phenoxy) is 1. The lowest BCUT2D eigenvalue weighted by atomic mass is 9.95. The van der Waals surface area contributed by atoms with Crippen LogP contribution in [0.4, 0.5) is 0 Å². The van der Waals surface area contributed by atoms with Gasteiger partial charge in [0.25, 0.3) is 11.7 Å². The molecule has 1 N–H and O–H groups in total. The molecule has 1 saturated heterocycles. The monoisotopic (exact) mass is 468 g/mol. The molecule has 0 saturated carbocycles. The average molecular weight is 469 g/mol. The summed E-state index contributed by atoms with van der Waals surface area (Å²) in [5, 5.41) is 11.6. The number of rotatable bonds is 10. The van der Waals surface area contributed by atoms with Crippen LogP contribution >= 0.6 is 11.6 Å². The van der Waals surface area contributed by atoms with Gasteiger partial charge in [-0.2, -0.15) is 0 Å². The molecule has 1 amide bonds. The third kappa shape index (κ3) is 5.46. The molecule has 0 unspecified atom stereocenters. The lowest BCUT2D eigenvalue weighted by Crippen LogP contribution is -2.38.